The number of aromatic nitrogens is 1. The molecule has 1 aromatic heterocycles. The number of carbonyl (C=O) groups is 1. The summed E-state index contributed by atoms with van der Waals surface area (Å²) in [7, 11) is 0. The van der Waals surface area contributed by atoms with Crippen molar-refractivity contribution in [2.75, 3.05) is 5.32 Å². The van der Waals surface area contributed by atoms with Gasteiger partial charge in [-0.3, -0.25) is 4.79 Å². The molecule has 2 rings (SSSR count). The van der Waals surface area contributed by atoms with Crippen LogP contribution in [0.3, 0.4) is 0 Å². The topological polar surface area (TPSA) is 42.0 Å². The first-order valence-electron chi connectivity index (χ1n) is 4.85. The number of benzene rings is 1. The maximum atomic E-state index is 11.9. The maximum Gasteiger partial charge on any atom is 0.258 e. The summed E-state index contributed by atoms with van der Waals surface area (Å²) in [4.78, 5) is 15.8. The van der Waals surface area contributed by atoms with Crippen LogP contribution in [-0.2, 0) is 0 Å². The summed E-state index contributed by atoms with van der Waals surface area (Å²) in [5.41, 5.74) is 0.399. The molecule has 5 heteroatoms. The van der Waals surface area contributed by atoms with Crippen LogP contribution in [0.15, 0.2) is 42.5 Å². The fraction of sp³-hybridized carbons (Fsp3) is 0. The molecule has 86 valence electrons. The van der Waals surface area contributed by atoms with Gasteiger partial charge < -0.3 is 5.32 Å². The minimum absolute atomic E-state index is 0.314. The number of pyridine rings is 1. The van der Waals surface area contributed by atoms with Crippen LogP contribution in [0.4, 0.5) is 5.82 Å². The molecule has 0 spiro atoms. The normalized spacial score (nSPS) is 10.0. The van der Waals surface area contributed by atoms with Crippen molar-refractivity contribution in [3.05, 3.63) is 58.2 Å². The maximum absolute atomic E-state index is 11.9. The zero-order valence-electron chi connectivity index (χ0n) is 8.65. The molecule has 1 heterocycles. The van der Waals surface area contributed by atoms with Crippen LogP contribution < -0.4 is 5.32 Å². The van der Waals surface area contributed by atoms with Crippen LogP contribution >= 0.6 is 23.2 Å². The van der Waals surface area contributed by atoms with Crippen LogP contribution in [0.5, 0.6) is 0 Å². The van der Waals surface area contributed by atoms with Crippen molar-refractivity contribution in [2.45, 2.75) is 0 Å². The monoisotopic (exact) mass is 266 g/mol. The van der Waals surface area contributed by atoms with E-state index in [0.29, 0.717) is 21.6 Å². The van der Waals surface area contributed by atoms with E-state index in [0.717, 1.165) is 0 Å². The van der Waals surface area contributed by atoms with Crippen LogP contribution in [0, 0.1) is 0 Å². The number of amides is 1. The average molecular weight is 267 g/mol. The van der Waals surface area contributed by atoms with Crippen LogP contribution in [0.2, 0.25) is 10.2 Å². The number of nitrogens with zero attached hydrogens (tertiary/aromatic N) is 1. The standard InChI is InChI=1S/C12H8Cl2N2O/c13-9-5-2-1-4-8(9)12(17)16-11-7-3-6-10(14)15-11/h1-7H,(H,15,16,17). The lowest BCUT2D eigenvalue weighted by Crippen LogP contribution is -2.13. The summed E-state index contributed by atoms with van der Waals surface area (Å²) in [5, 5.41) is 3.34. The molecular weight excluding hydrogens is 259 g/mol. The fourth-order valence-electron chi connectivity index (χ4n) is 1.31. The highest BCUT2D eigenvalue weighted by molar-refractivity contribution is 6.34. The molecule has 1 amide bonds. The number of nitrogens with one attached hydrogen (secondary N) is 1. The van der Waals surface area contributed by atoms with Gasteiger partial charge in [0, 0.05) is 0 Å². The van der Waals surface area contributed by atoms with Gasteiger partial charge in [0.2, 0.25) is 0 Å². The molecule has 2 aromatic rings. The highest BCUT2D eigenvalue weighted by Gasteiger charge is 2.10. The van der Waals surface area contributed by atoms with Crippen LogP contribution in [0.25, 0.3) is 0 Å². The lowest BCUT2D eigenvalue weighted by Gasteiger charge is -2.05. The van der Waals surface area contributed by atoms with Gasteiger partial charge in [-0.25, -0.2) is 4.98 Å². The number of anilines is 1. The largest absolute Gasteiger partial charge is 0.306 e. The molecule has 0 saturated carbocycles. The molecular formula is C12H8Cl2N2O. The molecule has 0 aliphatic rings. The molecule has 0 aliphatic carbocycles. The van der Waals surface area contributed by atoms with Crippen LogP contribution in [-0.4, -0.2) is 10.9 Å². The van der Waals surface area contributed by atoms with E-state index in [9.17, 15) is 4.79 Å². The summed E-state index contributed by atoms with van der Waals surface area (Å²) in [6.45, 7) is 0. The van der Waals surface area contributed by atoms with E-state index in [1.165, 1.54) is 0 Å². The van der Waals surface area contributed by atoms with E-state index in [1.807, 2.05) is 0 Å². The summed E-state index contributed by atoms with van der Waals surface area (Å²) >= 11 is 11.6. The molecule has 17 heavy (non-hydrogen) atoms. The van der Waals surface area contributed by atoms with Crippen molar-refractivity contribution in [3.8, 4) is 0 Å². The van der Waals surface area contributed by atoms with Gasteiger partial charge in [0.15, 0.2) is 0 Å². The first-order chi connectivity index (χ1) is 8.16. The van der Waals surface area contributed by atoms with Crippen molar-refractivity contribution in [2.24, 2.45) is 0 Å². The van der Waals surface area contributed by atoms with Crippen molar-refractivity contribution in [1.29, 1.82) is 0 Å². The second kappa shape index (κ2) is 5.17. The molecule has 1 N–H and O–H groups in total. The Morgan fingerprint density at radius 3 is 2.53 bits per heavy atom. The summed E-state index contributed by atoms with van der Waals surface area (Å²) < 4.78 is 0. The fourth-order valence-corrected chi connectivity index (χ4v) is 1.69. The van der Waals surface area contributed by atoms with Crippen molar-refractivity contribution >= 4 is 34.9 Å². The number of carbonyl (C=O) groups excluding carboxylic acids is 1. The smallest absolute Gasteiger partial charge is 0.258 e. The Kier molecular flexibility index (Phi) is 3.61. The Morgan fingerprint density at radius 1 is 1.06 bits per heavy atom. The van der Waals surface area contributed by atoms with Gasteiger partial charge >= 0.3 is 0 Å². The Hall–Kier alpha value is -1.58. The van der Waals surface area contributed by atoms with Gasteiger partial charge in [-0.05, 0) is 24.3 Å². The first kappa shape index (κ1) is 11.9. The Labute approximate surface area is 108 Å². The Morgan fingerprint density at radius 2 is 1.82 bits per heavy atom. The second-order valence-electron chi connectivity index (χ2n) is 3.28. The zero-order chi connectivity index (χ0) is 12.3. The summed E-state index contributed by atoms with van der Waals surface area (Å²) in [6.07, 6.45) is 0. The quantitative estimate of drug-likeness (QED) is 0.844. The van der Waals surface area contributed by atoms with E-state index in [2.05, 4.69) is 10.3 Å². The molecule has 3 nitrogen and oxygen atoms in total. The third-order valence-electron chi connectivity index (χ3n) is 2.08. The molecule has 0 radical (unpaired) electrons. The highest BCUT2D eigenvalue weighted by atomic mass is 35.5. The lowest BCUT2D eigenvalue weighted by atomic mass is 10.2. The Bertz CT molecular complexity index is 558. The molecule has 0 unspecified atom stereocenters. The summed E-state index contributed by atoms with van der Waals surface area (Å²) in [6, 6.07) is 11.8. The minimum Gasteiger partial charge on any atom is -0.306 e. The molecule has 0 aliphatic heterocycles. The summed E-state index contributed by atoms with van der Waals surface area (Å²) in [5.74, 6) is 0.0767. The van der Waals surface area contributed by atoms with Gasteiger partial charge in [0.1, 0.15) is 11.0 Å². The predicted octanol–water partition coefficient (Wildman–Crippen LogP) is 3.64. The lowest BCUT2D eigenvalue weighted by molar-refractivity contribution is 0.102. The van der Waals surface area contributed by atoms with Gasteiger partial charge in [-0.1, -0.05) is 41.4 Å². The molecule has 1 aromatic carbocycles. The van der Waals surface area contributed by atoms with Crippen molar-refractivity contribution in [1.82, 2.24) is 4.98 Å². The highest BCUT2D eigenvalue weighted by Crippen LogP contribution is 2.17. The second-order valence-corrected chi connectivity index (χ2v) is 4.07. The minimum atomic E-state index is -0.314. The third-order valence-corrected chi connectivity index (χ3v) is 2.62. The number of rotatable bonds is 2. The predicted molar refractivity (Wildman–Crippen MR) is 68.7 cm³/mol. The average Bonchev–Trinajstić information content (AvgIpc) is 2.29. The van der Waals surface area contributed by atoms with E-state index in [1.54, 1.807) is 42.5 Å². The van der Waals surface area contributed by atoms with Crippen molar-refractivity contribution < 1.29 is 4.79 Å². The van der Waals surface area contributed by atoms with E-state index >= 15 is 0 Å². The third kappa shape index (κ3) is 2.96. The Balaban J connectivity index is 2.20. The number of hydrogen-bond acceptors (Lipinski definition) is 2. The van der Waals surface area contributed by atoms with E-state index in [-0.39, 0.29) is 5.91 Å². The van der Waals surface area contributed by atoms with Crippen molar-refractivity contribution in [3.63, 3.8) is 0 Å². The van der Waals surface area contributed by atoms with Crippen LogP contribution in [0.1, 0.15) is 10.4 Å². The first-order valence-corrected chi connectivity index (χ1v) is 5.61. The van der Waals surface area contributed by atoms with E-state index in [4.69, 9.17) is 23.2 Å². The molecule has 0 atom stereocenters. The molecule has 0 saturated heterocycles. The zero-order valence-corrected chi connectivity index (χ0v) is 10.2. The van der Waals surface area contributed by atoms with Gasteiger partial charge in [-0.2, -0.15) is 0 Å². The molecule has 0 fully saturated rings. The van der Waals surface area contributed by atoms with Gasteiger partial charge in [0.25, 0.3) is 5.91 Å². The number of hydrogen-bond donors (Lipinski definition) is 1. The SMILES string of the molecule is O=C(Nc1cccc(Cl)n1)c1ccccc1Cl. The number of halogens is 2. The van der Waals surface area contributed by atoms with E-state index < -0.39 is 0 Å². The molecule has 0 bridgehead atoms. The van der Waals surface area contributed by atoms with Gasteiger partial charge in [-0.15, -0.1) is 0 Å². The van der Waals surface area contributed by atoms with Gasteiger partial charge in [0.05, 0.1) is 10.6 Å².